The third-order valence-electron chi connectivity index (χ3n) is 3.81. The summed E-state index contributed by atoms with van der Waals surface area (Å²) in [5.41, 5.74) is 0. The van der Waals surface area contributed by atoms with Gasteiger partial charge in [-0.3, -0.25) is 9.59 Å². The Labute approximate surface area is 118 Å². The van der Waals surface area contributed by atoms with Gasteiger partial charge in [0.05, 0.1) is 0 Å². The first-order valence-corrected chi connectivity index (χ1v) is 8.14. The number of nitrogens with zero attached hydrogens (tertiary/aromatic N) is 1. The van der Waals surface area contributed by atoms with Crippen molar-refractivity contribution in [1.82, 2.24) is 10.2 Å². The van der Waals surface area contributed by atoms with Gasteiger partial charge in [0.1, 0.15) is 6.54 Å². The van der Waals surface area contributed by atoms with E-state index in [-0.39, 0.29) is 24.5 Å². The first-order valence-electron chi connectivity index (χ1n) is 6.99. The van der Waals surface area contributed by atoms with Crippen LogP contribution in [-0.2, 0) is 9.59 Å². The van der Waals surface area contributed by atoms with Crippen LogP contribution in [0.1, 0.15) is 32.1 Å². The molecule has 1 heterocycles. The Morgan fingerprint density at radius 3 is 2.63 bits per heavy atom. The van der Waals surface area contributed by atoms with Crippen LogP contribution >= 0.6 is 11.8 Å². The number of nitrogens with one attached hydrogen (secondary N) is 1. The monoisotopic (exact) mass is 286 g/mol. The molecule has 6 heteroatoms. The fourth-order valence-corrected chi connectivity index (χ4v) is 3.81. The largest absolute Gasteiger partial charge is 0.480 e. The van der Waals surface area contributed by atoms with Crippen LogP contribution in [0, 0.1) is 0 Å². The zero-order chi connectivity index (χ0) is 13.7. The molecular weight excluding hydrogens is 264 g/mol. The Kier molecular flexibility index (Phi) is 5.51. The number of thioether (sulfide) groups is 1. The molecule has 0 bridgehead atoms. The predicted octanol–water partition coefficient (Wildman–Crippen LogP) is 0.937. The second-order valence-electron chi connectivity index (χ2n) is 5.28. The molecule has 1 saturated carbocycles. The van der Waals surface area contributed by atoms with Gasteiger partial charge in [0.2, 0.25) is 5.91 Å². The fourth-order valence-electron chi connectivity index (χ4n) is 2.86. The predicted molar refractivity (Wildman–Crippen MR) is 75.3 cm³/mol. The van der Waals surface area contributed by atoms with E-state index in [1.165, 1.54) is 0 Å². The molecule has 0 spiro atoms. The number of carboxylic acids is 1. The number of hydrogen-bond donors (Lipinski definition) is 2. The summed E-state index contributed by atoms with van der Waals surface area (Å²) in [7, 11) is 0. The summed E-state index contributed by atoms with van der Waals surface area (Å²) in [6.45, 7) is 0.786. The average molecular weight is 286 g/mol. The van der Waals surface area contributed by atoms with Crippen LogP contribution in [0.15, 0.2) is 0 Å². The molecule has 19 heavy (non-hydrogen) atoms. The third kappa shape index (κ3) is 4.38. The highest BCUT2D eigenvalue weighted by atomic mass is 32.2. The van der Waals surface area contributed by atoms with Gasteiger partial charge in [0.25, 0.3) is 0 Å². The van der Waals surface area contributed by atoms with E-state index in [4.69, 9.17) is 5.11 Å². The van der Waals surface area contributed by atoms with Crippen LogP contribution < -0.4 is 5.32 Å². The van der Waals surface area contributed by atoms with E-state index in [9.17, 15) is 9.59 Å². The molecule has 1 saturated heterocycles. The smallest absolute Gasteiger partial charge is 0.323 e. The molecule has 108 valence electrons. The third-order valence-corrected chi connectivity index (χ3v) is 4.94. The fraction of sp³-hybridized carbons (Fsp3) is 0.846. The standard InChI is InChI=1S/C13H22N2O3S/c16-12(7-10-9-19-6-5-14-10)15(8-13(17)18)11-3-1-2-4-11/h10-11,14H,1-9H2,(H,17,18). The van der Waals surface area contributed by atoms with Crippen molar-refractivity contribution in [1.29, 1.82) is 0 Å². The summed E-state index contributed by atoms with van der Waals surface area (Å²) >= 11 is 1.85. The molecule has 5 nitrogen and oxygen atoms in total. The average Bonchev–Trinajstić information content (AvgIpc) is 2.90. The number of carbonyl (C=O) groups excluding carboxylic acids is 1. The highest BCUT2D eigenvalue weighted by Crippen LogP contribution is 2.24. The molecular formula is C13H22N2O3S. The molecule has 1 amide bonds. The molecule has 0 aromatic heterocycles. The van der Waals surface area contributed by atoms with E-state index < -0.39 is 5.97 Å². The lowest BCUT2D eigenvalue weighted by Gasteiger charge is -2.30. The molecule has 0 radical (unpaired) electrons. The number of carboxylic acid groups (broad SMARTS) is 1. The first kappa shape index (κ1) is 14.7. The molecule has 1 aliphatic carbocycles. The van der Waals surface area contributed by atoms with Crippen LogP contribution in [0.4, 0.5) is 0 Å². The summed E-state index contributed by atoms with van der Waals surface area (Å²) in [6.07, 6.45) is 4.53. The summed E-state index contributed by atoms with van der Waals surface area (Å²) in [6, 6.07) is 0.337. The van der Waals surface area contributed by atoms with Crippen LogP contribution in [0.2, 0.25) is 0 Å². The molecule has 1 atom stereocenters. The van der Waals surface area contributed by atoms with Crippen molar-refractivity contribution in [3.8, 4) is 0 Å². The molecule has 2 aliphatic rings. The summed E-state index contributed by atoms with van der Waals surface area (Å²) in [4.78, 5) is 24.9. The van der Waals surface area contributed by atoms with Gasteiger partial charge in [0, 0.05) is 36.6 Å². The second kappa shape index (κ2) is 7.14. The van der Waals surface area contributed by atoms with Crippen molar-refractivity contribution in [2.75, 3.05) is 24.6 Å². The highest BCUT2D eigenvalue weighted by molar-refractivity contribution is 7.99. The molecule has 1 aliphatic heterocycles. The number of carbonyl (C=O) groups is 2. The van der Waals surface area contributed by atoms with E-state index in [1.54, 1.807) is 4.90 Å². The van der Waals surface area contributed by atoms with Gasteiger partial charge in [-0.2, -0.15) is 11.8 Å². The molecule has 2 fully saturated rings. The maximum Gasteiger partial charge on any atom is 0.323 e. The SMILES string of the molecule is O=C(O)CN(C(=O)CC1CSCCN1)C1CCCC1. The van der Waals surface area contributed by atoms with E-state index in [1.807, 2.05) is 11.8 Å². The van der Waals surface area contributed by atoms with Gasteiger partial charge in [-0.1, -0.05) is 12.8 Å². The van der Waals surface area contributed by atoms with E-state index in [2.05, 4.69) is 5.32 Å². The number of amides is 1. The Morgan fingerprint density at radius 2 is 2.05 bits per heavy atom. The highest BCUT2D eigenvalue weighted by Gasteiger charge is 2.29. The van der Waals surface area contributed by atoms with Gasteiger partial charge in [-0.05, 0) is 12.8 Å². The van der Waals surface area contributed by atoms with E-state index >= 15 is 0 Å². The van der Waals surface area contributed by atoms with Crippen molar-refractivity contribution in [2.45, 2.75) is 44.2 Å². The lowest BCUT2D eigenvalue weighted by Crippen LogP contribution is -2.47. The maximum absolute atomic E-state index is 12.3. The number of aliphatic carboxylic acids is 1. The van der Waals surface area contributed by atoms with Crippen molar-refractivity contribution in [3.05, 3.63) is 0 Å². The lowest BCUT2D eigenvalue weighted by atomic mass is 10.1. The Hall–Kier alpha value is -0.750. The second-order valence-corrected chi connectivity index (χ2v) is 6.43. The van der Waals surface area contributed by atoms with Crippen molar-refractivity contribution < 1.29 is 14.7 Å². The molecule has 1 unspecified atom stereocenters. The van der Waals surface area contributed by atoms with Gasteiger partial charge < -0.3 is 15.3 Å². The van der Waals surface area contributed by atoms with Crippen molar-refractivity contribution in [2.24, 2.45) is 0 Å². The molecule has 2 rings (SSSR count). The Morgan fingerprint density at radius 1 is 1.32 bits per heavy atom. The van der Waals surface area contributed by atoms with Crippen molar-refractivity contribution >= 4 is 23.6 Å². The molecule has 2 N–H and O–H groups in total. The molecule has 0 aromatic carbocycles. The zero-order valence-corrected chi connectivity index (χ0v) is 12.0. The summed E-state index contributed by atoms with van der Waals surface area (Å²) in [5, 5.41) is 12.3. The summed E-state index contributed by atoms with van der Waals surface area (Å²) in [5.74, 6) is 1.12. The minimum absolute atomic E-state index is 0.00528. The minimum Gasteiger partial charge on any atom is -0.480 e. The van der Waals surface area contributed by atoms with Gasteiger partial charge in [0.15, 0.2) is 0 Å². The van der Waals surface area contributed by atoms with Crippen LogP contribution in [0.5, 0.6) is 0 Å². The quantitative estimate of drug-likeness (QED) is 0.787. The van der Waals surface area contributed by atoms with Gasteiger partial charge in [-0.15, -0.1) is 0 Å². The topological polar surface area (TPSA) is 69.6 Å². The Bertz CT molecular complexity index is 326. The Balaban J connectivity index is 1.91. The van der Waals surface area contributed by atoms with Crippen molar-refractivity contribution in [3.63, 3.8) is 0 Å². The van der Waals surface area contributed by atoms with Crippen LogP contribution in [-0.4, -0.2) is 58.6 Å². The van der Waals surface area contributed by atoms with Crippen LogP contribution in [0.25, 0.3) is 0 Å². The minimum atomic E-state index is -0.911. The molecule has 0 aromatic rings. The van der Waals surface area contributed by atoms with Crippen LogP contribution in [0.3, 0.4) is 0 Å². The summed E-state index contributed by atoms with van der Waals surface area (Å²) < 4.78 is 0. The van der Waals surface area contributed by atoms with Gasteiger partial charge in [-0.25, -0.2) is 0 Å². The maximum atomic E-state index is 12.3. The normalized spacial score (nSPS) is 24.3. The zero-order valence-electron chi connectivity index (χ0n) is 11.1. The number of rotatable bonds is 5. The van der Waals surface area contributed by atoms with Gasteiger partial charge >= 0.3 is 5.97 Å². The number of hydrogen-bond acceptors (Lipinski definition) is 4. The lowest BCUT2D eigenvalue weighted by molar-refractivity contribution is -0.146. The first-order chi connectivity index (χ1) is 9.16. The van der Waals surface area contributed by atoms with E-state index in [0.29, 0.717) is 6.42 Å². The van der Waals surface area contributed by atoms with E-state index in [0.717, 1.165) is 43.7 Å².